The van der Waals surface area contributed by atoms with Crippen LogP contribution in [0.4, 0.5) is 4.79 Å². The van der Waals surface area contributed by atoms with Crippen LogP contribution in [0.5, 0.6) is 17.2 Å². The molecule has 0 aliphatic rings. The number of hydrogen-bond acceptors (Lipinski definition) is 4. The molecule has 2 amide bonds. The molecule has 7 heteroatoms. The number of methoxy groups -OCH3 is 3. The van der Waals surface area contributed by atoms with E-state index < -0.39 is 0 Å². The zero-order chi connectivity index (χ0) is 19.1. The Labute approximate surface area is 158 Å². The van der Waals surface area contributed by atoms with E-state index in [9.17, 15) is 4.79 Å². The van der Waals surface area contributed by atoms with E-state index in [0.717, 1.165) is 11.1 Å². The van der Waals surface area contributed by atoms with Crippen LogP contribution >= 0.6 is 11.6 Å². The summed E-state index contributed by atoms with van der Waals surface area (Å²) < 4.78 is 15.8. The van der Waals surface area contributed by atoms with Crippen LogP contribution < -0.4 is 24.8 Å². The number of benzene rings is 2. The highest BCUT2D eigenvalue weighted by Gasteiger charge is 2.15. The van der Waals surface area contributed by atoms with Crippen molar-refractivity contribution in [1.82, 2.24) is 10.6 Å². The van der Waals surface area contributed by atoms with Crippen LogP contribution in [0.25, 0.3) is 0 Å². The molecular formula is C19H23ClN2O4. The standard InChI is InChI=1S/C19H23ClN2O4/c1-12(16-7-6-15(24-2)10-18(16)26-4)22-19(23)21-11-13-9-14(20)5-8-17(13)25-3/h5-10,12H,11H2,1-4H3,(H2,21,22,23). The third-order valence-electron chi connectivity index (χ3n) is 3.94. The number of carbonyl (C=O) groups excluding carboxylic acids is 1. The number of nitrogens with one attached hydrogen (secondary N) is 2. The van der Waals surface area contributed by atoms with Gasteiger partial charge in [0.2, 0.25) is 0 Å². The molecule has 0 fully saturated rings. The summed E-state index contributed by atoms with van der Waals surface area (Å²) >= 11 is 6.00. The van der Waals surface area contributed by atoms with Crippen LogP contribution in [0.2, 0.25) is 5.02 Å². The summed E-state index contributed by atoms with van der Waals surface area (Å²) in [6.45, 7) is 2.17. The van der Waals surface area contributed by atoms with Gasteiger partial charge in [0.05, 0.1) is 27.4 Å². The van der Waals surface area contributed by atoms with Gasteiger partial charge in [0.15, 0.2) is 0 Å². The Morgan fingerprint density at radius 3 is 2.42 bits per heavy atom. The summed E-state index contributed by atoms with van der Waals surface area (Å²) in [5.41, 5.74) is 1.65. The van der Waals surface area contributed by atoms with E-state index in [-0.39, 0.29) is 12.1 Å². The molecule has 2 N–H and O–H groups in total. The van der Waals surface area contributed by atoms with E-state index in [2.05, 4.69) is 10.6 Å². The molecular weight excluding hydrogens is 356 g/mol. The van der Waals surface area contributed by atoms with Gasteiger partial charge in [0.25, 0.3) is 0 Å². The average molecular weight is 379 g/mol. The minimum Gasteiger partial charge on any atom is -0.497 e. The molecule has 0 saturated carbocycles. The number of hydrogen-bond donors (Lipinski definition) is 2. The van der Waals surface area contributed by atoms with Gasteiger partial charge < -0.3 is 24.8 Å². The minimum atomic E-state index is -0.308. The quantitative estimate of drug-likeness (QED) is 0.766. The van der Waals surface area contributed by atoms with Crippen LogP contribution in [0.3, 0.4) is 0 Å². The lowest BCUT2D eigenvalue weighted by Crippen LogP contribution is -2.36. The molecule has 0 aromatic heterocycles. The monoisotopic (exact) mass is 378 g/mol. The van der Waals surface area contributed by atoms with Gasteiger partial charge in [-0.3, -0.25) is 0 Å². The van der Waals surface area contributed by atoms with Crippen molar-refractivity contribution in [3.05, 3.63) is 52.5 Å². The molecule has 2 rings (SSSR count). The van der Waals surface area contributed by atoms with E-state index in [0.29, 0.717) is 28.8 Å². The first-order valence-electron chi connectivity index (χ1n) is 8.07. The van der Waals surface area contributed by atoms with E-state index in [1.165, 1.54) is 0 Å². The summed E-state index contributed by atoms with van der Waals surface area (Å²) in [7, 11) is 4.75. The van der Waals surface area contributed by atoms with E-state index in [4.69, 9.17) is 25.8 Å². The predicted molar refractivity (Wildman–Crippen MR) is 101 cm³/mol. The maximum Gasteiger partial charge on any atom is 0.315 e. The Morgan fingerprint density at radius 2 is 1.77 bits per heavy atom. The van der Waals surface area contributed by atoms with Crippen molar-refractivity contribution >= 4 is 17.6 Å². The van der Waals surface area contributed by atoms with Crippen molar-refractivity contribution in [2.24, 2.45) is 0 Å². The second-order valence-corrected chi connectivity index (χ2v) is 6.05. The Kier molecular flexibility index (Phi) is 6.97. The molecule has 26 heavy (non-hydrogen) atoms. The molecule has 0 heterocycles. The highest BCUT2D eigenvalue weighted by atomic mass is 35.5. The summed E-state index contributed by atoms with van der Waals surface area (Å²) in [5.74, 6) is 2.00. The third kappa shape index (κ3) is 4.95. The number of carbonyl (C=O) groups is 1. The third-order valence-corrected chi connectivity index (χ3v) is 4.17. The van der Waals surface area contributed by atoms with Crippen LogP contribution in [0.1, 0.15) is 24.1 Å². The predicted octanol–water partition coefficient (Wildman–Crippen LogP) is 3.93. The molecule has 6 nitrogen and oxygen atoms in total. The van der Waals surface area contributed by atoms with Gasteiger partial charge >= 0.3 is 6.03 Å². The molecule has 0 aliphatic carbocycles. The maximum atomic E-state index is 12.2. The second-order valence-electron chi connectivity index (χ2n) is 5.61. The normalized spacial score (nSPS) is 11.4. The molecule has 0 spiro atoms. The topological polar surface area (TPSA) is 68.8 Å². The number of urea groups is 1. The fourth-order valence-corrected chi connectivity index (χ4v) is 2.76. The summed E-state index contributed by atoms with van der Waals surface area (Å²) in [5, 5.41) is 6.28. The molecule has 2 aromatic carbocycles. The highest BCUT2D eigenvalue weighted by Crippen LogP contribution is 2.29. The molecule has 0 aliphatic heterocycles. The fourth-order valence-electron chi connectivity index (χ4n) is 2.56. The SMILES string of the molecule is COc1ccc(C(C)NC(=O)NCc2cc(Cl)ccc2OC)c(OC)c1. The van der Waals surface area contributed by atoms with Gasteiger partial charge in [-0.1, -0.05) is 11.6 Å². The number of amides is 2. The molecule has 1 atom stereocenters. The zero-order valence-corrected chi connectivity index (χ0v) is 16.0. The lowest BCUT2D eigenvalue weighted by Gasteiger charge is -2.18. The molecule has 0 saturated heterocycles. The maximum absolute atomic E-state index is 12.2. The van der Waals surface area contributed by atoms with Crippen molar-refractivity contribution in [1.29, 1.82) is 0 Å². The average Bonchev–Trinajstić information content (AvgIpc) is 2.65. The second kappa shape index (κ2) is 9.20. The first-order chi connectivity index (χ1) is 12.5. The van der Waals surface area contributed by atoms with Gasteiger partial charge in [-0.25, -0.2) is 4.79 Å². The molecule has 2 aromatic rings. The Balaban J connectivity index is 2.01. The number of halogens is 1. The van der Waals surface area contributed by atoms with Gasteiger partial charge in [-0.15, -0.1) is 0 Å². The van der Waals surface area contributed by atoms with E-state index in [1.54, 1.807) is 45.6 Å². The molecule has 1 unspecified atom stereocenters. The Morgan fingerprint density at radius 1 is 1.04 bits per heavy atom. The van der Waals surface area contributed by atoms with E-state index in [1.807, 2.05) is 19.1 Å². The van der Waals surface area contributed by atoms with Gasteiger partial charge in [-0.05, 0) is 37.3 Å². The van der Waals surface area contributed by atoms with Gasteiger partial charge in [-0.2, -0.15) is 0 Å². The van der Waals surface area contributed by atoms with Crippen LogP contribution in [-0.2, 0) is 6.54 Å². The zero-order valence-electron chi connectivity index (χ0n) is 15.3. The van der Waals surface area contributed by atoms with Crippen molar-refractivity contribution < 1.29 is 19.0 Å². The van der Waals surface area contributed by atoms with Crippen molar-refractivity contribution in [3.8, 4) is 17.2 Å². The molecule has 0 radical (unpaired) electrons. The van der Waals surface area contributed by atoms with Crippen LogP contribution in [0.15, 0.2) is 36.4 Å². The fraction of sp³-hybridized carbons (Fsp3) is 0.316. The lowest BCUT2D eigenvalue weighted by atomic mass is 10.1. The van der Waals surface area contributed by atoms with Crippen LogP contribution in [0, 0.1) is 0 Å². The first-order valence-corrected chi connectivity index (χ1v) is 8.45. The summed E-state index contributed by atoms with van der Waals surface area (Å²) in [6, 6.07) is 10.2. The first kappa shape index (κ1) is 19.7. The lowest BCUT2D eigenvalue weighted by molar-refractivity contribution is 0.237. The summed E-state index contributed by atoms with van der Waals surface area (Å²) in [6.07, 6.45) is 0. The molecule has 0 bridgehead atoms. The van der Waals surface area contributed by atoms with Gasteiger partial charge in [0, 0.05) is 28.8 Å². The van der Waals surface area contributed by atoms with Crippen molar-refractivity contribution in [2.75, 3.05) is 21.3 Å². The Bertz CT molecular complexity index is 767. The number of ether oxygens (including phenoxy) is 3. The molecule has 140 valence electrons. The summed E-state index contributed by atoms with van der Waals surface area (Å²) in [4.78, 5) is 12.2. The van der Waals surface area contributed by atoms with Crippen molar-refractivity contribution in [3.63, 3.8) is 0 Å². The smallest absolute Gasteiger partial charge is 0.315 e. The number of rotatable bonds is 7. The van der Waals surface area contributed by atoms with Gasteiger partial charge in [0.1, 0.15) is 17.2 Å². The largest absolute Gasteiger partial charge is 0.497 e. The van der Waals surface area contributed by atoms with Crippen LogP contribution in [-0.4, -0.2) is 27.4 Å². The Hall–Kier alpha value is -2.60. The van der Waals surface area contributed by atoms with E-state index >= 15 is 0 Å². The minimum absolute atomic E-state index is 0.253. The highest BCUT2D eigenvalue weighted by molar-refractivity contribution is 6.30. The van der Waals surface area contributed by atoms with Crippen molar-refractivity contribution in [2.45, 2.75) is 19.5 Å².